The van der Waals surface area contributed by atoms with Crippen LogP contribution in [0.2, 0.25) is 0 Å². The Labute approximate surface area is 137 Å². The summed E-state index contributed by atoms with van der Waals surface area (Å²) in [4.78, 5) is 12.7. The zero-order valence-electron chi connectivity index (χ0n) is 12.3. The van der Waals surface area contributed by atoms with E-state index in [0.29, 0.717) is 12.2 Å². The molecule has 1 atom stereocenters. The van der Waals surface area contributed by atoms with E-state index in [-0.39, 0.29) is 11.9 Å². The summed E-state index contributed by atoms with van der Waals surface area (Å²) in [5.74, 6) is 0.0929. The Kier molecular flexibility index (Phi) is 3.55. The summed E-state index contributed by atoms with van der Waals surface area (Å²) in [5, 5.41) is 10.2. The molecule has 0 N–H and O–H groups in total. The van der Waals surface area contributed by atoms with Gasteiger partial charge in [0.1, 0.15) is 0 Å². The smallest absolute Gasteiger partial charge is 0.310 e. The topological polar surface area (TPSA) is 45.8 Å². The fraction of sp³-hybridized carbons (Fsp3) is 0.111. The first-order chi connectivity index (χ1) is 11.3. The second-order valence-electron chi connectivity index (χ2n) is 5.32. The van der Waals surface area contributed by atoms with Crippen LogP contribution in [0.1, 0.15) is 34.1 Å². The Hall–Kier alpha value is -2.66. The molecule has 3 aromatic rings. The zero-order valence-corrected chi connectivity index (χ0v) is 13.1. The van der Waals surface area contributed by atoms with Crippen LogP contribution in [0.25, 0.3) is 0 Å². The molecule has 0 aliphatic carbocycles. The van der Waals surface area contributed by atoms with E-state index in [1.54, 1.807) is 28.5 Å². The fourth-order valence-electron chi connectivity index (χ4n) is 2.75. The third-order valence-corrected chi connectivity index (χ3v) is 4.57. The lowest BCUT2D eigenvalue weighted by Gasteiger charge is -2.20. The molecular formula is C18H14N2O2S. The van der Waals surface area contributed by atoms with Crippen LogP contribution < -0.4 is 0 Å². The van der Waals surface area contributed by atoms with Crippen LogP contribution in [0.5, 0.6) is 0 Å². The second-order valence-corrected chi connectivity index (χ2v) is 6.10. The fourth-order valence-corrected chi connectivity index (χ4v) is 3.41. The van der Waals surface area contributed by atoms with Crippen molar-refractivity contribution >= 4 is 23.0 Å². The van der Waals surface area contributed by atoms with Gasteiger partial charge in [-0.2, -0.15) is 16.4 Å². The Morgan fingerprint density at radius 2 is 2.04 bits per heavy atom. The third-order valence-electron chi connectivity index (χ3n) is 3.89. The Balaban J connectivity index is 1.72. The van der Waals surface area contributed by atoms with Crippen molar-refractivity contribution in [3.8, 4) is 0 Å². The van der Waals surface area contributed by atoms with Crippen molar-refractivity contribution in [3.63, 3.8) is 0 Å². The van der Waals surface area contributed by atoms with E-state index in [4.69, 9.17) is 4.42 Å². The zero-order chi connectivity index (χ0) is 15.6. The standard InChI is InChI=1S/C18H14N2O2S/c21-18(17-7-4-9-22-17)20-16(13-5-2-1-3-6-13)11-15(19-20)14-8-10-23-12-14/h1-10,12,16H,11H2. The predicted molar refractivity (Wildman–Crippen MR) is 89.5 cm³/mol. The number of carbonyl (C=O) groups excluding carboxylic acids is 1. The van der Waals surface area contributed by atoms with Gasteiger partial charge in [0.05, 0.1) is 18.0 Å². The molecule has 1 amide bonds. The van der Waals surface area contributed by atoms with Crippen molar-refractivity contribution in [3.05, 3.63) is 82.4 Å². The molecule has 2 aromatic heterocycles. The lowest BCUT2D eigenvalue weighted by Crippen LogP contribution is -2.26. The molecule has 0 saturated carbocycles. The van der Waals surface area contributed by atoms with E-state index in [1.165, 1.54) is 6.26 Å². The molecule has 0 spiro atoms. The number of thiophene rings is 1. The maximum atomic E-state index is 12.7. The summed E-state index contributed by atoms with van der Waals surface area (Å²) in [6.07, 6.45) is 2.21. The van der Waals surface area contributed by atoms with Gasteiger partial charge in [-0.1, -0.05) is 30.3 Å². The largest absolute Gasteiger partial charge is 0.459 e. The number of amides is 1. The number of carbonyl (C=O) groups is 1. The van der Waals surface area contributed by atoms with Crippen molar-refractivity contribution in [2.24, 2.45) is 5.10 Å². The van der Waals surface area contributed by atoms with Crippen LogP contribution in [0.4, 0.5) is 0 Å². The monoisotopic (exact) mass is 322 g/mol. The van der Waals surface area contributed by atoms with Crippen LogP contribution in [0.15, 0.2) is 75.1 Å². The number of nitrogens with zero attached hydrogens (tertiary/aromatic N) is 2. The molecule has 0 fully saturated rings. The first-order valence-electron chi connectivity index (χ1n) is 7.35. The molecule has 1 aliphatic rings. The van der Waals surface area contributed by atoms with Gasteiger partial charge in [-0.05, 0) is 34.5 Å². The molecule has 1 unspecified atom stereocenters. The van der Waals surface area contributed by atoms with Crippen molar-refractivity contribution in [2.45, 2.75) is 12.5 Å². The minimum absolute atomic E-state index is 0.108. The molecule has 1 aromatic carbocycles. The SMILES string of the molecule is O=C(c1ccco1)N1N=C(c2ccsc2)CC1c1ccccc1. The third kappa shape index (κ3) is 2.59. The summed E-state index contributed by atoms with van der Waals surface area (Å²) in [6.45, 7) is 0. The quantitative estimate of drug-likeness (QED) is 0.720. The Bertz CT molecular complexity index is 823. The first kappa shape index (κ1) is 14.0. The van der Waals surface area contributed by atoms with Crippen LogP contribution >= 0.6 is 11.3 Å². The second kappa shape index (κ2) is 5.85. The van der Waals surface area contributed by atoms with Gasteiger partial charge < -0.3 is 4.42 Å². The van der Waals surface area contributed by atoms with Crippen molar-refractivity contribution < 1.29 is 9.21 Å². The van der Waals surface area contributed by atoms with Gasteiger partial charge in [-0.15, -0.1) is 0 Å². The van der Waals surface area contributed by atoms with Gasteiger partial charge >= 0.3 is 5.91 Å². The van der Waals surface area contributed by atoms with E-state index in [0.717, 1.165) is 16.8 Å². The molecule has 0 bridgehead atoms. The number of rotatable bonds is 3. The lowest BCUT2D eigenvalue weighted by molar-refractivity contribution is 0.0678. The predicted octanol–water partition coefficient (Wildman–Crippen LogP) is 4.33. The Morgan fingerprint density at radius 1 is 1.17 bits per heavy atom. The van der Waals surface area contributed by atoms with E-state index in [1.807, 2.05) is 41.8 Å². The Morgan fingerprint density at radius 3 is 2.74 bits per heavy atom. The number of hydrazone groups is 1. The van der Waals surface area contributed by atoms with Gasteiger partial charge in [-0.3, -0.25) is 4.79 Å². The molecular weight excluding hydrogens is 308 g/mol. The van der Waals surface area contributed by atoms with E-state index >= 15 is 0 Å². The number of furan rings is 1. The number of benzene rings is 1. The number of hydrogen-bond acceptors (Lipinski definition) is 4. The van der Waals surface area contributed by atoms with Crippen molar-refractivity contribution in [1.82, 2.24) is 5.01 Å². The highest BCUT2D eigenvalue weighted by atomic mass is 32.1. The minimum Gasteiger partial charge on any atom is -0.459 e. The van der Waals surface area contributed by atoms with Gasteiger partial charge in [-0.25, -0.2) is 5.01 Å². The molecule has 0 saturated heterocycles. The molecule has 1 aliphatic heterocycles. The summed E-state index contributed by atoms with van der Waals surface area (Å²) < 4.78 is 5.26. The van der Waals surface area contributed by atoms with Crippen LogP contribution in [-0.2, 0) is 0 Å². The maximum Gasteiger partial charge on any atom is 0.310 e. The molecule has 4 nitrogen and oxygen atoms in total. The first-order valence-corrected chi connectivity index (χ1v) is 8.29. The van der Waals surface area contributed by atoms with Crippen LogP contribution in [0.3, 0.4) is 0 Å². The van der Waals surface area contributed by atoms with Gasteiger partial charge in [0.25, 0.3) is 0 Å². The number of hydrogen-bond donors (Lipinski definition) is 0. The highest BCUT2D eigenvalue weighted by Gasteiger charge is 2.34. The molecule has 3 heterocycles. The van der Waals surface area contributed by atoms with Gasteiger partial charge in [0, 0.05) is 12.0 Å². The summed E-state index contributed by atoms with van der Waals surface area (Å²) in [5.41, 5.74) is 3.08. The maximum absolute atomic E-state index is 12.7. The molecule has 4 rings (SSSR count). The molecule has 0 radical (unpaired) electrons. The average Bonchev–Trinajstić information content (AvgIpc) is 3.35. The van der Waals surface area contributed by atoms with Crippen LogP contribution in [0, 0.1) is 0 Å². The molecule has 5 heteroatoms. The van der Waals surface area contributed by atoms with Crippen molar-refractivity contribution in [1.29, 1.82) is 0 Å². The van der Waals surface area contributed by atoms with Crippen LogP contribution in [-0.4, -0.2) is 16.6 Å². The van der Waals surface area contributed by atoms with E-state index < -0.39 is 0 Å². The normalized spacial score (nSPS) is 17.3. The van der Waals surface area contributed by atoms with Gasteiger partial charge in [0.2, 0.25) is 0 Å². The summed E-state index contributed by atoms with van der Waals surface area (Å²) in [7, 11) is 0. The van der Waals surface area contributed by atoms with Crippen molar-refractivity contribution in [2.75, 3.05) is 0 Å². The van der Waals surface area contributed by atoms with Gasteiger partial charge in [0.15, 0.2) is 5.76 Å². The average molecular weight is 322 g/mol. The van der Waals surface area contributed by atoms with E-state index in [9.17, 15) is 4.79 Å². The van der Waals surface area contributed by atoms with E-state index in [2.05, 4.69) is 10.5 Å². The summed E-state index contributed by atoms with van der Waals surface area (Å²) >= 11 is 1.63. The molecule has 114 valence electrons. The minimum atomic E-state index is -0.214. The highest BCUT2D eigenvalue weighted by molar-refractivity contribution is 7.08. The highest BCUT2D eigenvalue weighted by Crippen LogP contribution is 2.34. The molecule has 23 heavy (non-hydrogen) atoms. The lowest BCUT2D eigenvalue weighted by atomic mass is 9.99. The summed E-state index contributed by atoms with van der Waals surface area (Å²) in [6, 6.07) is 15.3.